The number of rotatable bonds is 3. The molecule has 4 rings (SSSR count). The van der Waals surface area contributed by atoms with Crippen molar-refractivity contribution in [3.05, 3.63) is 40.1 Å². The van der Waals surface area contributed by atoms with Crippen molar-refractivity contribution in [2.75, 3.05) is 33.0 Å². The lowest BCUT2D eigenvalue weighted by Crippen LogP contribution is -2.48. The molecule has 2 aromatic rings. The highest BCUT2D eigenvalue weighted by molar-refractivity contribution is 5.90. The monoisotopic (exact) mass is 331 g/mol. The second-order valence-corrected chi connectivity index (χ2v) is 5.78. The number of aromatic nitrogens is 3. The van der Waals surface area contributed by atoms with Crippen LogP contribution in [-0.2, 0) is 6.54 Å². The topological polar surface area (TPSA) is 104 Å². The van der Waals surface area contributed by atoms with Crippen molar-refractivity contribution in [1.29, 1.82) is 0 Å². The van der Waals surface area contributed by atoms with E-state index in [9.17, 15) is 9.59 Å². The van der Waals surface area contributed by atoms with Crippen LogP contribution in [-0.4, -0.2) is 63.9 Å². The minimum absolute atomic E-state index is 0.0595. The van der Waals surface area contributed by atoms with Crippen LogP contribution in [0.1, 0.15) is 16.2 Å². The quantitative estimate of drug-likeness (QED) is 0.806. The van der Waals surface area contributed by atoms with Crippen molar-refractivity contribution in [2.45, 2.75) is 6.54 Å². The third-order valence-electron chi connectivity index (χ3n) is 4.21. The van der Waals surface area contributed by atoms with Crippen molar-refractivity contribution in [3.63, 3.8) is 0 Å². The smallest absolute Gasteiger partial charge is 0.341 e. The number of nitrogens with zero attached hydrogens (tertiary/aromatic N) is 3. The summed E-state index contributed by atoms with van der Waals surface area (Å²) >= 11 is 0. The summed E-state index contributed by atoms with van der Waals surface area (Å²) in [6.45, 7) is 3.77. The number of carbonyl (C=O) groups excluding carboxylic acids is 1. The molecule has 1 aromatic heterocycles. The number of aromatic amines is 2. The zero-order chi connectivity index (χ0) is 16.5. The molecule has 0 spiro atoms. The van der Waals surface area contributed by atoms with Crippen LogP contribution in [0.4, 0.5) is 0 Å². The van der Waals surface area contributed by atoms with Gasteiger partial charge in [0.05, 0.1) is 0 Å². The summed E-state index contributed by atoms with van der Waals surface area (Å²) in [5.41, 5.74) is 0.676. The maximum absolute atomic E-state index is 12.2. The summed E-state index contributed by atoms with van der Waals surface area (Å²) in [6, 6.07) is 5.94. The first-order valence-electron chi connectivity index (χ1n) is 7.74. The van der Waals surface area contributed by atoms with Gasteiger partial charge < -0.3 is 14.4 Å². The Morgan fingerprint density at radius 3 is 2.71 bits per heavy atom. The van der Waals surface area contributed by atoms with Gasteiger partial charge in [-0.2, -0.15) is 0 Å². The van der Waals surface area contributed by atoms with Crippen LogP contribution in [0, 0.1) is 0 Å². The van der Waals surface area contributed by atoms with E-state index in [1.807, 2.05) is 18.2 Å². The van der Waals surface area contributed by atoms with Gasteiger partial charge in [0, 0.05) is 32.7 Å². The molecule has 9 nitrogen and oxygen atoms in total. The Bertz CT molecular complexity index is 806. The predicted molar refractivity (Wildman–Crippen MR) is 83.0 cm³/mol. The first-order valence-corrected chi connectivity index (χ1v) is 7.74. The zero-order valence-electron chi connectivity index (χ0n) is 12.9. The number of ether oxygens (including phenoxy) is 2. The van der Waals surface area contributed by atoms with Gasteiger partial charge >= 0.3 is 5.69 Å². The van der Waals surface area contributed by atoms with Crippen LogP contribution in [0.25, 0.3) is 0 Å². The molecule has 2 aliphatic heterocycles. The fourth-order valence-electron chi connectivity index (χ4n) is 2.93. The average molecular weight is 331 g/mol. The van der Waals surface area contributed by atoms with Gasteiger partial charge in [-0.3, -0.25) is 14.7 Å². The molecule has 0 radical (unpaired) electrons. The minimum atomic E-state index is -0.472. The molecule has 24 heavy (non-hydrogen) atoms. The van der Waals surface area contributed by atoms with Gasteiger partial charge in [0.1, 0.15) is 0 Å². The molecule has 1 fully saturated rings. The van der Waals surface area contributed by atoms with E-state index in [-0.39, 0.29) is 18.5 Å². The maximum Gasteiger partial charge on any atom is 0.341 e. The largest absolute Gasteiger partial charge is 0.454 e. The van der Waals surface area contributed by atoms with E-state index in [4.69, 9.17) is 9.47 Å². The van der Waals surface area contributed by atoms with Crippen LogP contribution in [0.2, 0.25) is 0 Å². The molecular weight excluding hydrogens is 314 g/mol. The number of nitrogens with one attached hydrogen (secondary N) is 2. The molecule has 1 aromatic carbocycles. The Balaban J connectivity index is 1.34. The highest BCUT2D eigenvalue weighted by Gasteiger charge is 2.24. The molecule has 0 unspecified atom stereocenters. The summed E-state index contributed by atoms with van der Waals surface area (Å²) in [5.74, 6) is 1.37. The molecular formula is C15H17N5O4. The first-order chi connectivity index (χ1) is 11.7. The maximum atomic E-state index is 12.2. The number of piperazine rings is 1. The Hall–Kier alpha value is -2.81. The molecule has 9 heteroatoms. The molecule has 2 aliphatic rings. The number of H-pyrrole nitrogens is 2. The van der Waals surface area contributed by atoms with Crippen LogP contribution in [0.15, 0.2) is 23.0 Å². The molecule has 126 valence electrons. The molecule has 0 atom stereocenters. The summed E-state index contributed by atoms with van der Waals surface area (Å²) in [5, 5.41) is 5.90. The van der Waals surface area contributed by atoms with E-state index in [0.717, 1.165) is 36.7 Å². The minimum Gasteiger partial charge on any atom is -0.454 e. The van der Waals surface area contributed by atoms with Gasteiger partial charge in [-0.05, 0) is 17.7 Å². The standard InChI is InChI=1S/C15H17N5O4/c21-14(13-16-15(22)18-17-13)20-5-3-19(4-6-20)8-10-1-2-11-12(7-10)24-9-23-11/h1-2,7H,3-6,8-9H2,(H2,16,17,18,22). The van der Waals surface area contributed by atoms with E-state index in [2.05, 4.69) is 20.1 Å². The van der Waals surface area contributed by atoms with Gasteiger partial charge in [0.15, 0.2) is 11.5 Å². The van der Waals surface area contributed by atoms with Gasteiger partial charge in [0.25, 0.3) is 5.91 Å². The summed E-state index contributed by atoms with van der Waals surface area (Å²) in [6.07, 6.45) is 0. The third-order valence-corrected chi connectivity index (χ3v) is 4.21. The molecule has 0 aliphatic carbocycles. The van der Waals surface area contributed by atoms with Crippen LogP contribution in [0.5, 0.6) is 11.5 Å². The van der Waals surface area contributed by atoms with Crippen molar-refractivity contribution in [3.8, 4) is 11.5 Å². The van der Waals surface area contributed by atoms with Crippen molar-refractivity contribution in [2.24, 2.45) is 0 Å². The fourth-order valence-corrected chi connectivity index (χ4v) is 2.93. The number of hydrogen-bond acceptors (Lipinski definition) is 6. The van der Waals surface area contributed by atoms with Crippen molar-refractivity contribution >= 4 is 5.91 Å². The van der Waals surface area contributed by atoms with Gasteiger partial charge in [-0.15, -0.1) is 5.10 Å². The van der Waals surface area contributed by atoms with Gasteiger partial charge in [-0.1, -0.05) is 6.07 Å². The zero-order valence-corrected chi connectivity index (χ0v) is 12.9. The Morgan fingerprint density at radius 1 is 1.17 bits per heavy atom. The molecule has 1 saturated heterocycles. The number of hydrogen-bond donors (Lipinski definition) is 2. The molecule has 2 N–H and O–H groups in total. The van der Waals surface area contributed by atoms with E-state index < -0.39 is 5.69 Å². The number of carbonyl (C=O) groups is 1. The molecule has 0 saturated carbocycles. The highest BCUT2D eigenvalue weighted by Crippen LogP contribution is 2.32. The van der Waals surface area contributed by atoms with Crippen LogP contribution < -0.4 is 15.2 Å². The van der Waals surface area contributed by atoms with E-state index in [1.54, 1.807) is 4.90 Å². The summed E-state index contributed by atoms with van der Waals surface area (Å²) in [4.78, 5) is 29.6. The second kappa shape index (κ2) is 6.00. The number of benzene rings is 1. The Kier molecular flexibility index (Phi) is 3.69. The van der Waals surface area contributed by atoms with E-state index in [1.165, 1.54) is 0 Å². The summed E-state index contributed by atoms with van der Waals surface area (Å²) in [7, 11) is 0. The molecule has 1 amide bonds. The molecule has 3 heterocycles. The van der Waals surface area contributed by atoms with Crippen molar-refractivity contribution in [1.82, 2.24) is 25.0 Å². The first kappa shape index (κ1) is 14.8. The summed E-state index contributed by atoms with van der Waals surface area (Å²) < 4.78 is 10.7. The second-order valence-electron chi connectivity index (χ2n) is 5.78. The normalized spacial score (nSPS) is 17.2. The lowest BCUT2D eigenvalue weighted by Gasteiger charge is -2.34. The lowest BCUT2D eigenvalue weighted by atomic mass is 10.1. The number of fused-ring (bicyclic) bond motifs is 1. The van der Waals surface area contributed by atoms with Gasteiger partial charge in [0.2, 0.25) is 12.6 Å². The van der Waals surface area contributed by atoms with Gasteiger partial charge in [-0.25, -0.2) is 9.89 Å². The average Bonchev–Trinajstić information content (AvgIpc) is 3.23. The van der Waals surface area contributed by atoms with Crippen LogP contribution in [0.3, 0.4) is 0 Å². The Morgan fingerprint density at radius 2 is 1.96 bits per heavy atom. The number of amides is 1. The molecule has 0 bridgehead atoms. The third kappa shape index (κ3) is 2.85. The predicted octanol–water partition coefficient (Wildman–Crippen LogP) is -0.215. The Labute approximate surface area is 137 Å². The van der Waals surface area contributed by atoms with E-state index >= 15 is 0 Å². The lowest BCUT2D eigenvalue weighted by molar-refractivity contribution is 0.0617. The fraction of sp³-hybridized carbons (Fsp3) is 0.400. The highest BCUT2D eigenvalue weighted by atomic mass is 16.7. The van der Waals surface area contributed by atoms with Crippen molar-refractivity contribution < 1.29 is 14.3 Å². The SMILES string of the molecule is O=C(c1n[nH]c(=O)[nH]1)N1CCN(Cc2ccc3c(c2)OCO3)CC1. The van der Waals surface area contributed by atoms with E-state index in [0.29, 0.717) is 13.1 Å². The van der Waals surface area contributed by atoms with Crippen LogP contribution >= 0.6 is 0 Å².